The number of nitrogens with zero attached hydrogens (tertiary/aromatic N) is 2. The van der Waals surface area contributed by atoms with E-state index in [4.69, 9.17) is 9.47 Å². The Hall–Kier alpha value is -4.53. The molecule has 14 nitrogen and oxygen atoms in total. The minimum absolute atomic E-state index is 0.00754. The summed E-state index contributed by atoms with van der Waals surface area (Å²) < 4.78 is 39.2. The van der Waals surface area contributed by atoms with Gasteiger partial charge in [0, 0.05) is 35.9 Å². The molecule has 15 heteroatoms. The molecule has 50 heavy (non-hydrogen) atoms. The van der Waals surface area contributed by atoms with E-state index in [1.807, 2.05) is 0 Å². The van der Waals surface area contributed by atoms with Crippen LogP contribution in [0.15, 0.2) is 43.1 Å². The number of nitrogens with one attached hydrogen (secondary N) is 3. The molecule has 2 saturated carbocycles. The number of rotatable bonds is 6. The highest BCUT2D eigenvalue weighted by Crippen LogP contribution is 2.45. The SMILES string of the molecule is C=C[C@@H]1C[C@]1(NC(=O)[C@@H]1C[C@@H]2CN1C(=O)[C@H](C(C)(C)C)NC(=O)OCCCCC(=O)c1ccc3ccnc(c3c1)O2)C(=O)NS(=O)(=O)C1CC1. The minimum Gasteiger partial charge on any atom is -0.472 e. The lowest BCUT2D eigenvalue weighted by Crippen LogP contribution is -2.60. The van der Waals surface area contributed by atoms with Gasteiger partial charge in [0.2, 0.25) is 27.7 Å². The molecule has 0 unspecified atom stereocenters. The first-order valence-corrected chi connectivity index (χ1v) is 18.5. The number of pyridine rings is 1. The topological polar surface area (TPSA) is 190 Å². The smallest absolute Gasteiger partial charge is 0.407 e. The average molecular weight is 710 g/mol. The van der Waals surface area contributed by atoms with E-state index in [1.165, 1.54) is 11.0 Å². The van der Waals surface area contributed by atoms with Crippen molar-refractivity contribution < 1.29 is 41.9 Å². The van der Waals surface area contributed by atoms with E-state index in [-0.39, 0.29) is 44.1 Å². The molecule has 268 valence electrons. The normalized spacial score (nSPS) is 27.7. The van der Waals surface area contributed by atoms with E-state index in [2.05, 4.69) is 26.9 Å². The van der Waals surface area contributed by atoms with Crippen LogP contribution in [0.4, 0.5) is 4.79 Å². The van der Waals surface area contributed by atoms with E-state index in [9.17, 15) is 32.4 Å². The molecular weight excluding hydrogens is 666 g/mol. The van der Waals surface area contributed by atoms with Gasteiger partial charge in [-0.1, -0.05) is 39.0 Å². The summed E-state index contributed by atoms with van der Waals surface area (Å²) in [5.41, 5.74) is -1.91. The first kappa shape index (κ1) is 35.3. The molecule has 3 heterocycles. The van der Waals surface area contributed by atoms with Crippen LogP contribution in [-0.4, -0.2) is 90.0 Å². The lowest BCUT2D eigenvalue weighted by atomic mass is 9.85. The predicted molar refractivity (Wildman–Crippen MR) is 181 cm³/mol. The van der Waals surface area contributed by atoms with Crippen LogP contribution in [-0.2, 0) is 29.1 Å². The van der Waals surface area contributed by atoms with Gasteiger partial charge in [0.25, 0.3) is 5.91 Å². The highest BCUT2D eigenvalue weighted by Gasteiger charge is 2.62. The lowest BCUT2D eigenvalue weighted by molar-refractivity contribution is -0.142. The van der Waals surface area contributed by atoms with Gasteiger partial charge < -0.3 is 25.0 Å². The van der Waals surface area contributed by atoms with Crippen molar-refractivity contribution in [2.75, 3.05) is 13.2 Å². The van der Waals surface area contributed by atoms with Gasteiger partial charge >= 0.3 is 6.09 Å². The Bertz CT molecular complexity index is 1850. The van der Waals surface area contributed by atoms with Gasteiger partial charge in [0.1, 0.15) is 23.7 Å². The molecule has 4 aliphatic rings. The Labute approximate surface area is 290 Å². The van der Waals surface area contributed by atoms with Gasteiger partial charge in [0.05, 0.1) is 18.4 Å². The number of hydrogen-bond acceptors (Lipinski definition) is 10. The van der Waals surface area contributed by atoms with Crippen LogP contribution < -0.4 is 20.1 Å². The predicted octanol–water partition coefficient (Wildman–Crippen LogP) is 2.76. The summed E-state index contributed by atoms with van der Waals surface area (Å²) in [6, 6.07) is 4.75. The number of aromatic nitrogens is 1. The summed E-state index contributed by atoms with van der Waals surface area (Å²) in [7, 11) is -3.90. The molecule has 0 spiro atoms. The fourth-order valence-electron chi connectivity index (χ4n) is 6.63. The molecule has 6 rings (SSSR count). The maximum absolute atomic E-state index is 14.4. The average Bonchev–Trinajstić information content (AvgIpc) is 3.99. The largest absolute Gasteiger partial charge is 0.472 e. The number of cyclic esters (lactones) is 1. The maximum atomic E-state index is 14.4. The number of carbonyl (C=O) groups excluding carboxylic acids is 5. The molecule has 4 amide bonds. The maximum Gasteiger partial charge on any atom is 0.407 e. The number of fused-ring (bicyclic) bond motifs is 3. The highest BCUT2D eigenvalue weighted by atomic mass is 32.2. The third kappa shape index (κ3) is 7.18. The molecule has 4 bridgehead atoms. The number of hydrogen-bond donors (Lipinski definition) is 3. The van der Waals surface area contributed by atoms with Crippen LogP contribution in [0.3, 0.4) is 0 Å². The second-order valence-corrected chi connectivity index (χ2v) is 16.6. The number of Topliss-reactive ketones (excluding diaryl/α,β-unsaturated/α-hetero) is 1. The van der Waals surface area contributed by atoms with Gasteiger partial charge in [-0.25, -0.2) is 18.2 Å². The summed E-state index contributed by atoms with van der Waals surface area (Å²) >= 11 is 0. The Morgan fingerprint density at radius 1 is 1.14 bits per heavy atom. The zero-order valence-electron chi connectivity index (χ0n) is 28.4. The van der Waals surface area contributed by atoms with E-state index >= 15 is 0 Å². The van der Waals surface area contributed by atoms with E-state index in [0.717, 1.165) is 5.39 Å². The Morgan fingerprint density at radius 3 is 2.58 bits per heavy atom. The van der Waals surface area contributed by atoms with Crippen LogP contribution in [0.5, 0.6) is 5.88 Å². The number of amides is 4. The first-order chi connectivity index (χ1) is 23.6. The van der Waals surface area contributed by atoms with Gasteiger partial charge in [-0.15, -0.1) is 6.58 Å². The third-order valence-electron chi connectivity index (χ3n) is 9.83. The molecule has 1 aromatic heterocycles. The Morgan fingerprint density at radius 2 is 1.90 bits per heavy atom. The van der Waals surface area contributed by atoms with Crippen LogP contribution in [0, 0.1) is 11.3 Å². The fourth-order valence-corrected chi connectivity index (χ4v) is 8.00. The summed E-state index contributed by atoms with van der Waals surface area (Å²) in [5, 5.41) is 6.16. The molecule has 2 aromatic rings. The van der Waals surface area contributed by atoms with Crippen LogP contribution in [0.1, 0.15) is 76.1 Å². The quantitative estimate of drug-likeness (QED) is 0.376. The molecule has 5 atom stereocenters. The summed E-state index contributed by atoms with van der Waals surface area (Å²) in [6.45, 7) is 9.01. The van der Waals surface area contributed by atoms with Crippen molar-refractivity contribution in [2.24, 2.45) is 11.3 Å². The van der Waals surface area contributed by atoms with Crippen molar-refractivity contribution in [1.29, 1.82) is 0 Å². The van der Waals surface area contributed by atoms with Crippen molar-refractivity contribution in [2.45, 2.75) is 94.7 Å². The minimum atomic E-state index is -3.90. The number of ether oxygens (including phenoxy) is 2. The fraction of sp³-hybridized carbons (Fsp3) is 0.543. The lowest BCUT2D eigenvalue weighted by Gasteiger charge is -2.35. The molecule has 1 aromatic carbocycles. The zero-order chi connectivity index (χ0) is 36.0. The second-order valence-electron chi connectivity index (χ2n) is 14.7. The van der Waals surface area contributed by atoms with Gasteiger partial charge in [-0.2, -0.15) is 0 Å². The molecule has 2 aliphatic carbocycles. The molecule has 1 saturated heterocycles. The number of ketones is 1. The van der Waals surface area contributed by atoms with E-state index < -0.39 is 74.1 Å². The van der Waals surface area contributed by atoms with Crippen LogP contribution in [0.25, 0.3) is 10.8 Å². The van der Waals surface area contributed by atoms with Gasteiger partial charge in [-0.05, 0) is 55.0 Å². The highest BCUT2D eigenvalue weighted by molar-refractivity contribution is 7.91. The second kappa shape index (κ2) is 13.3. The van der Waals surface area contributed by atoms with Crippen molar-refractivity contribution >= 4 is 50.4 Å². The van der Waals surface area contributed by atoms with E-state index in [1.54, 1.807) is 51.2 Å². The number of sulfonamides is 1. The molecular formula is C35H43N5O9S. The van der Waals surface area contributed by atoms with Crippen molar-refractivity contribution in [3.05, 3.63) is 48.7 Å². The first-order valence-electron chi connectivity index (χ1n) is 17.0. The van der Waals surface area contributed by atoms with Crippen molar-refractivity contribution in [3.8, 4) is 5.88 Å². The monoisotopic (exact) mass is 709 g/mol. The Kier molecular flexibility index (Phi) is 9.39. The Balaban J connectivity index is 1.34. The summed E-state index contributed by atoms with van der Waals surface area (Å²) in [4.78, 5) is 73.7. The molecule has 3 fully saturated rings. The third-order valence-corrected chi connectivity index (χ3v) is 11.7. The number of benzene rings is 1. The van der Waals surface area contributed by atoms with Crippen LogP contribution >= 0.6 is 0 Å². The molecule has 0 radical (unpaired) electrons. The van der Waals surface area contributed by atoms with Crippen molar-refractivity contribution in [3.63, 3.8) is 0 Å². The summed E-state index contributed by atoms with van der Waals surface area (Å²) in [6.07, 6.45) is 3.65. The van der Waals surface area contributed by atoms with Crippen LogP contribution in [0.2, 0.25) is 0 Å². The van der Waals surface area contributed by atoms with Gasteiger partial charge in [0.15, 0.2) is 5.78 Å². The number of alkyl carbamates (subject to hydrolysis) is 1. The van der Waals surface area contributed by atoms with E-state index in [0.29, 0.717) is 36.6 Å². The zero-order valence-corrected chi connectivity index (χ0v) is 29.2. The van der Waals surface area contributed by atoms with Gasteiger partial charge in [-0.3, -0.25) is 23.9 Å². The standard InChI is InChI=1S/C35H43N5O9S/c1-5-22-18-35(22,32(44)39-50(46,47)24-11-12-24)38-29(42)26-17-23-19-40(26)31(43)28(34(2,3)4)37-33(45)48-15-7-6-8-27(41)21-10-9-20-13-14-36-30(49-23)25(20)16-21/h5,9-10,13-14,16,22-24,26,28H,1,6-8,11-12,15,17-19H2,2-4H3,(H,37,45)(H,38,42)(H,39,44)/t22-,23-,26+,28-,35-/m1/s1. The van der Waals surface area contributed by atoms with Crippen molar-refractivity contribution in [1.82, 2.24) is 25.2 Å². The molecule has 3 N–H and O–H groups in total. The summed E-state index contributed by atoms with van der Waals surface area (Å²) in [5.74, 6) is -2.50. The molecule has 2 aliphatic heterocycles. The number of carbonyl (C=O) groups is 5.